The molecule has 5 heteroatoms. The Hall–Kier alpha value is -2.14. The van der Waals surface area contributed by atoms with Crippen LogP contribution in [0.25, 0.3) is 0 Å². The van der Waals surface area contributed by atoms with Crippen molar-refractivity contribution in [3.63, 3.8) is 0 Å². The predicted molar refractivity (Wildman–Crippen MR) is 79.8 cm³/mol. The van der Waals surface area contributed by atoms with Crippen LogP contribution in [-0.2, 0) is 13.0 Å². The summed E-state index contributed by atoms with van der Waals surface area (Å²) in [6.45, 7) is 2.26. The third kappa shape index (κ3) is 3.24. The molecule has 1 heterocycles. The molecular formula is C15H19N3O2. The molecule has 0 unspecified atom stereocenters. The third-order valence-corrected chi connectivity index (χ3v) is 2.99. The average molecular weight is 273 g/mol. The number of aliphatic hydroxyl groups is 1. The van der Waals surface area contributed by atoms with E-state index in [1.807, 2.05) is 30.3 Å². The zero-order chi connectivity index (χ0) is 14.4. The Bertz CT molecular complexity index is 626. The van der Waals surface area contributed by atoms with Crippen LogP contribution >= 0.6 is 0 Å². The van der Waals surface area contributed by atoms with Crippen molar-refractivity contribution in [1.82, 2.24) is 9.78 Å². The SMILES string of the molecule is CCCc1[nH]n(CCO)c(=O)c1C=Nc1ccccc1. The van der Waals surface area contributed by atoms with Crippen LogP contribution in [0.15, 0.2) is 40.1 Å². The van der Waals surface area contributed by atoms with Crippen LogP contribution in [0.2, 0.25) is 0 Å². The number of aliphatic imine (C=N–C) groups is 1. The molecule has 0 spiro atoms. The van der Waals surface area contributed by atoms with Gasteiger partial charge >= 0.3 is 0 Å². The van der Waals surface area contributed by atoms with E-state index in [2.05, 4.69) is 17.0 Å². The first-order valence-corrected chi connectivity index (χ1v) is 6.78. The Morgan fingerprint density at radius 2 is 2.10 bits per heavy atom. The number of H-pyrrole nitrogens is 1. The molecule has 0 fully saturated rings. The van der Waals surface area contributed by atoms with E-state index in [1.165, 1.54) is 4.68 Å². The second-order valence-electron chi connectivity index (χ2n) is 4.53. The lowest BCUT2D eigenvalue weighted by Crippen LogP contribution is -2.20. The molecule has 2 aromatic rings. The minimum atomic E-state index is -0.137. The Morgan fingerprint density at radius 1 is 1.35 bits per heavy atom. The van der Waals surface area contributed by atoms with Gasteiger partial charge in [0.1, 0.15) is 0 Å². The number of nitrogens with zero attached hydrogens (tertiary/aromatic N) is 2. The normalized spacial score (nSPS) is 11.3. The van der Waals surface area contributed by atoms with E-state index in [0.717, 1.165) is 24.2 Å². The van der Waals surface area contributed by atoms with E-state index in [0.29, 0.717) is 5.56 Å². The summed E-state index contributed by atoms with van der Waals surface area (Å²) in [5.74, 6) is 0. The van der Waals surface area contributed by atoms with E-state index in [1.54, 1.807) is 6.21 Å². The van der Waals surface area contributed by atoms with Gasteiger partial charge in [-0.1, -0.05) is 31.5 Å². The number of hydrogen-bond acceptors (Lipinski definition) is 3. The zero-order valence-electron chi connectivity index (χ0n) is 11.5. The number of aromatic amines is 1. The van der Waals surface area contributed by atoms with Crippen LogP contribution in [0, 0.1) is 0 Å². The van der Waals surface area contributed by atoms with Crippen molar-refractivity contribution >= 4 is 11.9 Å². The fraction of sp³-hybridized carbons (Fsp3) is 0.333. The molecule has 0 saturated heterocycles. The van der Waals surface area contributed by atoms with Crippen molar-refractivity contribution in [3.05, 3.63) is 51.9 Å². The number of aromatic nitrogens is 2. The molecule has 0 saturated carbocycles. The number of hydrogen-bond donors (Lipinski definition) is 2. The summed E-state index contributed by atoms with van der Waals surface area (Å²) in [6, 6.07) is 9.50. The lowest BCUT2D eigenvalue weighted by atomic mass is 10.2. The maximum absolute atomic E-state index is 12.2. The molecule has 20 heavy (non-hydrogen) atoms. The van der Waals surface area contributed by atoms with Gasteiger partial charge in [0.05, 0.1) is 24.4 Å². The third-order valence-electron chi connectivity index (χ3n) is 2.99. The fourth-order valence-electron chi connectivity index (χ4n) is 2.03. The van der Waals surface area contributed by atoms with Crippen molar-refractivity contribution in [1.29, 1.82) is 0 Å². The molecule has 0 aliphatic rings. The quantitative estimate of drug-likeness (QED) is 0.789. The van der Waals surface area contributed by atoms with E-state index in [9.17, 15) is 4.79 Å². The van der Waals surface area contributed by atoms with Crippen molar-refractivity contribution in [3.8, 4) is 0 Å². The lowest BCUT2D eigenvalue weighted by Gasteiger charge is -1.97. The molecule has 1 aromatic heterocycles. The molecule has 2 N–H and O–H groups in total. The van der Waals surface area contributed by atoms with Crippen LogP contribution in [0.4, 0.5) is 5.69 Å². The number of aliphatic hydroxyl groups excluding tert-OH is 1. The van der Waals surface area contributed by atoms with E-state index in [4.69, 9.17) is 5.11 Å². The number of rotatable bonds is 6. The van der Waals surface area contributed by atoms with Gasteiger partial charge in [-0.2, -0.15) is 0 Å². The Kier molecular flexibility index (Phi) is 4.90. The van der Waals surface area contributed by atoms with Gasteiger partial charge in [0.15, 0.2) is 0 Å². The number of para-hydroxylation sites is 1. The molecule has 0 bridgehead atoms. The molecule has 2 rings (SSSR count). The van der Waals surface area contributed by atoms with Gasteiger partial charge in [-0.15, -0.1) is 0 Å². The molecule has 0 amide bonds. The maximum atomic E-state index is 12.2. The lowest BCUT2D eigenvalue weighted by molar-refractivity contribution is 0.267. The molecular weight excluding hydrogens is 254 g/mol. The Labute approximate surface area is 117 Å². The van der Waals surface area contributed by atoms with Gasteiger partial charge < -0.3 is 5.11 Å². The van der Waals surface area contributed by atoms with Gasteiger partial charge in [0.2, 0.25) is 0 Å². The molecule has 0 aliphatic heterocycles. The topological polar surface area (TPSA) is 70.4 Å². The summed E-state index contributed by atoms with van der Waals surface area (Å²) in [5.41, 5.74) is 2.11. The van der Waals surface area contributed by atoms with Gasteiger partial charge in [-0.05, 0) is 18.6 Å². The number of benzene rings is 1. The first-order valence-electron chi connectivity index (χ1n) is 6.78. The molecule has 0 atom stereocenters. The zero-order valence-corrected chi connectivity index (χ0v) is 11.5. The first kappa shape index (κ1) is 14.3. The van der Waals surface area contributed by atoms with E-state index >= 15 is 0 Å². The summed E-state index contributed by atoms with van der Waals surface area (Å²) < 4.78 is 1.43. The van der Waals surface area contributed by atoms with Crippen molar-refractivity contribution in [2.24, 2.45) is 4.99 Å². The largest absolute Gasteiger partial charge is 0.394 e. The van der Waals surface area contributed by atoms with Gasteiger partial charge in [-0.3, -0.25) is 19.6 Å². The smallest absolute Gasteiger partial charge is 0.275 e. The van der Waals surface area contributed by atoms with Gasteiger partial charge in [0, 0.05) is 11.9 Å². The van der Waals surface area contributed by atoms with Gasteiger partial charge in [0.25, 0.3) is 5.56 Å². The highest BCUT2D eigenvalue weighted by molar-refractivity contribution is 5.82. The molecule has 5 nitrogen and oxygen atoms in total. The summed E-state index contributed by atoms with van der Waals surface area (Å²) in [4.78, 5) is 16.5. The molecule has 0 aliphatic carbocycles. The van der Waals surface area contributed by atoms with Crippen LogP contribution in [0.5, 0.6) is 0 Å². The monoisotopic (exact) mass is 273 g/mol. The minimum Gasteiger partial charge on any atom is -0.394 e. The number of aryl methyl sites for hydroxylation is 1. The standard InChI is InChI=1S/C15H19N3O2/c1-2-6-14-13(15(20)18(17-14)9-10-19)11-16-12-7-4-3-5-8-12/h3-5,7-8,11,17,19H,2,6,9-10H2,1H3. The van der Waals surface area contributed by atoms with Crippen LogP contribution in [-0.4, -0.2) is 27.7 Å². The minimum absolute atomic E-state index is 0.0682. The molecule has 1 aromatic carbocycles. The summed E-state index contributed by atoms with van der Waals surface area (Å²) >= 11 is 0. The highest BCUT2D eigenvalue weighted by Crippen LogP contribution is 2.10. The average Bonchev–Trinajstić information content (AvgIpc) is 2.75. The van der Waals surface area contributed by atoms with E-state index < -0.39 is 0 Å². The Morgan fingerprint density at radius 3 is 2.75 bits per heavy atom. The highest BCUT2D eigenvalue weighted by atomic mass is 16.3. The highest BCUT2D eigenvalue weighted by Gasteiger charge is 2.11. The van der Waals surface area contributed by atoms with Crippen molar-refractivity contribution < 1.29 is 5.11 Å². The second-order valence-corrected chi connectivity index (χ2v) is 4.53. The predicted octanol–water partition coefficient (Wildman–Crippen LogP) is 1.87. The van der Waals surface area contributed by atoms with Crippen LogP contribution in [0.3, 0.4) is 0 Å². The fourth-order valence-corrected chi connectivity index (χ4v) is 2.03. The summed E-state index contributed by atoms with van der Waals surface area (Å²) in [6.07, 6.45) is 3.32. The summed E-state index contributed by atoms with van der Waals surface area (Å²) in [7, 11) is 0. The molecule has 0 radical (unpaired) electrons. The summed E-state index contributed by atoms with van der Waals surface area (Å²) in [5, 5.41) is 12.0. The maximum Gasteiger partial charge on any atom is 0.275 e. The Balaban J connectivity index is 2.34. The number of nitrogens with one attached hydrogen (secondary N) is 1. The second kappa shape index (κ2) is 6.86. The van der Waals surface area contributed by atoms with Crippen molar-refractivity contribution in [2.75, 3.05) is 6.61 Å². The van der Waals surface area contributed by atoms with Crippen LogP contribution in [0.1, 0.15) is 24.6 Å². The van der Waals surface area contributed by atoms with Gasteiger partial charge in [-0.25, -0.2) is 0 Å². The molecule has 106 valence electrons. The van der Waals surface area contributed by atoms with Crippen LogP contribution < -0.4 is 5.56 Å². The van der Waals surface area contributed by atoms with Crippen molar-refractivity contribution in [2.45, 2.75) is 26.3 Å². The van der Waals surface area contributed by atoms with E-state index in [-0.39, 0.29) is 18.7 Å². The first-order chi connectivity index (χ1) is 9.76.